The first-order valence-corrected chi connectivity index (χ1v) is 8.38. The molecule has 128 valence electrons. The van der Waals surface area contributed by atoms with Crippen LogP contribution in [0.25, 0.3) is 10.2 Å². The van der Waals surface area contributed by atoms with Gasteiger partial charge >= 0.3 is 5.97 Å². The van der Waals surface area contributed by atoms with Crippen LogP contribution in [0.15, 0.2) is 35.4 Å². The summed E-state index contributed by atoms with van der Waals surface area (Å²) in [7, 11) is 0. The first kappa shape index (κ1) is 16.8. The molecule has 2 N–H and O–H groups in total. The number of fused-ring (bicyclic) bond motifs is 1. The van der Waals surface area contributed by atoms with Gasteiger partial charge < -0.3 is 10.4 Å². The van der Waals surface area contributed by atoms with Crippen LogP contribution < -0.4 is 10.9 Å². The molecule has 25 heavy (non-hydrogen) atoms. The van der Waals surface area contributed by atoms with Crippen LogP contribution in [0, 0.1) is 6.92 Å². The minimum absolute atomic E-state index is 0.000998. The lowest BCUT2D eigenvalue weighted by Gasteiger charge is -2.07. The van der Waals surface area contributed by atoms with Gasteiger partial charge in [-0.25, -0.2) is 9.78 Å². The second-order valence-corrected chi connectivity index (χ2v) is 6.38. The monoisotopic (exact) mass is 357 g/mol. The van der Waals surface area contributed by atoms with Crippen molar-refractivity contribution >= 4 is 39.1 Å². The van der Waals surface area contributed by atoms with Crippen LogP contribution in [-0.2, 0) is 6.54 Å². The number of carbonyl (C=O) groups is 2. The fraction of sp³-hybridized carbons (Fsp3) is 0.176. The topological polar surface area (TPSA) is 101 Å². The highest BCUT2D eigenvalue weighted by atomic mass is 32.1. The van der Waals surface area contributed by atoms with Gasteiger partial charge in [0.05, 0.1) is 27.8 Å². The minimum atomic E-state index is -1.13. The first-order valence-electron chi connectivity index (χ1n) is 7.56. The van der Waals surface area contributed by atoms with E-state index in [4.69, 9.17) is 0 Å². The molecule has 0 saturated heterocycles. The van der Waals surface area contributed by atoms with E-state index in [1.165, 1.54) is 23.0 Å². The van der Waals surface area contributed by atoms with E-state index in [2.05, 4.69) is 10.3 Å². The van der Waals surface area contributed by atoms with Gasteiger partial charge in [0.25, 0.3) is 11.5 Å². The van der Waals surface area contributed by atoms with Gasteiger partial charge in [0, 0.05) is 6.54 Å². The van der Waals surface area contributed by atoms with Crippen molar-refractivity contribution in [3.63, 3.8) is 0 Å². The lowest BCUT2D eigenvalue weighted by atomic mass is 10.1. The fourth-order valence-corrected chi connectivity index (χ4v) is 3.59. The molecule has 0 spiro atoms. The number of para-hydroxylation sites is 1. The smallest absolute Gasteiger partial charge is 0.337 e. The summed E-state index contributed by atoms with van der Waals surface area (Å²) in [5.74, 6) is -1.59. The number of aryl methyl sites for hydroxylation is 2. The molecule has 0 radical (unpaired) electrons. The molecule has 2 heterocycles. The van der Waals surface area contributed by atoms with Crippen LogP contribution in [0.5, 0.6) is 0 Å². The molecule has 0 saturated carbocycles. The molecule has 0 aliphatic carbocycles. The lowest BCUT2D eigenvalue weighted by molar-refractivity contribution is 0.0698. The number of rotatable bonds is 4. The van der Waals surface area contributed by atoms with Crippen molar-refractivity contribution < 1.29 is 14.7 Å². The summed E-state index contributed by atoms with van der Waals surface area (Å²) in [5.41, 5.74) is 0.564. The molecule has 8 heteroatoms. The molecule has 0 aliphatic rings. The van der Waals surface area contributed by atoms with Crippen molar-refractivity contribution in [2.24, 2.45) is 0 Å². The Morgan fingerprint density at radius 2 is 2.04 bits per heavy atom. The number of carboxylic acids is 1. The van der Waals surface area contributed by atoms with Crippen molar-refractivity contribution in [2.45, 2.75) is 20.4 Å². The Morgan fingerprint density at radius 3 is 2.72 bits per heavy atom. The molecule has 0 atom stereocenters. The predicted molar refractivity (Wildman–Crippen MR) is 95.6 cm³/mol. The third-order valence-corrected chi connectivity index (χ3v) is 5.07. The van der Waals surface area contributed by atoms with E-state index in [0.717, 1.165) is 11.3 Å². The summed E-state index contributed by atoms with van der Waals surface area (Å²) in [5, 5.41) is 12.2. The highest BCUT2D eigenvalue weighted by Gasteiger charge is 2.20. The fourth-order valence-electron chi connectivity index (χ4n) is 2.56. The molecular formula is C17H15N3O4S. The van der Waals surface area contributed by atoms with Gasteiger partial charge in [-0.3, -0.25) is 14.2 Å². The molecule has 2 aromatic heterocycles. The predicted octanol–water partition coefficient (Wildman–Crippen LogP) is 2.74. The van der Waals surface area contributed by atoms with E-state index in [1.807, 2.05) is 6.92 Å². The molecule has 0 unspecified atom stereocenters. The number of nitrogens with one attached hydrogen (secondary N) is 1. The average Bonchev–Trinajstić information content (AvgIpc) is 2.93. The van der Waals surface area contributed by atoms with Crippen LogP contribution >= 0.6 is 11.3 Å². The summed E-state index contributed by atoms with van der Waals surface area (Å²) in [4.78, 5) is 41.4. The Morgan fingerprint density at radius 1 is 1.32 bits per heavy atom. The van der Waals surface area contributed by atoms with Crippen LogP contribution in [0.1, 0.15) is 32.5 Å². The normalized spacial score (nSPS) is 10.8. The zero-order valence-corrected chi connectivity index (χ0v) is 14.4. The van der Waals surface area contributed by atoms with Crippen LogP contribution in [0.3, 0.4) is 0 Å². The summed E-state index contributed by atoms with van der Waals surface area (Å²) in [6.45, 7) is 4.03. The average molecular weight is 357 g/mol. The van der Waals surface area contributed by atoms with Gasteiger partial charge in [0.15, 0.2) is 0 Å². The highest BCUT2D eigenvalue weighted by Crippen LogP contribution is 2.28. The van der Waals surface area contributed by atoms with Gasteiger partial charge in [-0.2, -0.15) is 0 Å². The van der Waals surface area contributed by atoms with Crippen molar-refractivity contribution in [3.8, 4) is 0 Å². The Bertz CT molecular complexity index is 1050. The summed E-state index contributed by atoms with van der Waals surface area (Å²) >= 11 is 1.11. The number of thiophene rings is 1. The third kappa shape index (κ3) is 2.91. The number of hydrogen-bond donors (Lipinski definition) is 2. The second-order valence-electron chi connectivity index (χ2n) is 5.38. The quantitative estimate of drug-likeness (QED) is 0.748. The Kier molecular flexibility index (Phi) is 4.37. The second kappa shape index (κ2) is 6.48. The van der Waals surface area contributed by atoms with Gasteiger partial charge in [0.1, 0.15) is 4.83 Å². The molecule has 3 aromatic rings. The number of anilines is 1. The number of amides is 1. The number of aromatic carboxylic acids is 1. The molecule has 1 aromatic carbocycles. The summed E-state index contributed by atoms with van der Waals surface area (Å²) in [6.07, 6.45) is 1.46. The van der Waals surface area contributed by atoms with E-state index in [-0.39, 0.29) is 16.8 Å². The Hall–Kier alpha value is -3.00. The van der Waals surface area contributed by atoms with E-state index < -0.39 is 11.9 Å². The van der Waals surface area contributed by atoms with Gasteiger partial charge in [-0.05, 0) is 31.5 Å². The SMILES string of the molecule is CCn1cnc2sc(C(=O)Nc3ccccc3C(=O)O)c(C)c2c1=O. The standard InChI is InChI=1S/C17H15N3O4S/c1-3-20-8-18-15-12(16(20)22)9(2)13(25-15)14(21)19-11-7-5-4-6-10(11)17(23)24/h4-8H,3H2,1-2H3,(H,19,21)(H,23,24). The number of benzene rings is 1. The number of aromatic nitrogens is 2. The van der Waals surface area contributed by atoms with Crippen molar-refractivity contribution in [1.82, 2.24) is 9.55 Å². The van der Waals surface area contributed by atoms with Gasteiger partial charge in [-0.15, -0.1) is 11.3 Å². The zero-order valence-electron chi connectivity index (χ0n) is 13.6. The molecule has 3 rings (SSSR count). The molecule has 0 fully saturated rings. The van der Waals surface area contributed by atoms with Crippen molar-refractivity contribution in [2.75, 3.05) is 5.32 Å². The first-order chi connectivity index (χ1) is 11.9. The maximum Gasteiger partial charge on any atom is 0.337 e. The number of carbonyl (C=O) groups excluding carboxylic acids is 1. The van der Waals surface area contributed by atoms with E-state index in [0.29, 0.717) is 27.2 Å². The van der Waals surface area contributed by atoms with Crippen LogP contribution in [0.2, 0.25) is 0 Å². The molecular weight excluding hydrogens is 342 g/mol. The number of nitrogens with zero attached hydrogens (tertiary/aromatic N) is 2. The summed E-state index contributed by atoms with van der Waals surface area (Å²) < 4.78 is 1.48. The largest absolute Gasteiger partial charge is 0.478 e. The van der Waals surface area contributed by atoms with Crippen LogP contribution in [0.4, 0.5) is 5.69 Å². The number of hydrogen-bond acceptors (Lipinski definition) is 5. The molecule has 7 nitrogen and oxygen atoms in total. The lowest BCUT2D eigenvalue weighted by Crippen LogP contribution is -2.19. The van der Waals surface area contributed by atoms with Gasteiger partial charge in [-0.1, -0.05) is 12.1 Å². The minimum Gasteiger partial charge on any atom is -0.478 e. The van der Waals surface area contributed by atoms with Gasteiger partial charge in [0.2, 0.25) is 0 Å². The number of carboxylic acid groups (broad SMARTS) is 1. The molecule has 1 amide bonds. The molecule has 0 bridgehead atoms. The Labute approximate surface area is 146 Å². The zero-order chi connectivity index (χ0) is 18.1. The third-order valence-electron chi connectivity index (χ3n) is 3.87. The summed E-state index contributed by atoms with van der Waals surface area (Å²) in [6, 6.07) is 6.16. The Balaban J connectivity index is 2.04. The van der Waals surface area contributed by atoms with E-state index in [9.17, 15) is 19.5 Å². The van der Waals surface area contributed by atoms with Crippen LogP contribution in [-0.4, -0.2) is 26.5 Å². The highest BCUT2D eigenvalue weighted by molar-refractivity contribution is 7.20. The van der Waals surface area contributed by atoms with Crippen molar-refractivity contribution in [1.29, 1.82) is 0 Å². The van der Waals surface area contributed by atoms with E-state index in [1.54, 1.807) is 19.1 Å². The maximum atomic E-state index is 12.6. The molecule has 0 aliphatic heterocycles. The van der Waals surface area contributed by atoms with Crippen molar-refractivity contribution in [3.05, 3.63) is 57.0 Å². The van der Waals surface area contributed by atoms with E-state index >= 15 is 0 Å². The maximum absolute atomic E-state index is 12.6.